The molecule has 1 aromatic carbocycles. The van der Waals surface area contributed by atoms with E-state index in [1.165, 1.54) is 6.07 Å². The monoisotopic (exact) mass is 374 g/mol. The van der Waals surface area contributed by atoms with E-state index in [1.54, 1.807) is 17.3 Å². The second-order valence-corrected chi connectivity index (χ2v) is 8.90. The molecule has 3 rings (SSSR count). The van der Waals surface area contributed by atoms with Gasteiger partial charge in [0.1, 0.15) is 0 Å². The molecule has 0 bridgehead atoms. The topological polar surface area (TPSA) is 49.9 Å². The lowest BCUT2D eigenvalue weighted by Gasteiger charge is -2.41. The Balaban J connectivity index is 1.70. The van der Waals surface area contributed by atoms with Crippen molar-refractivity contribution in [2.45, 2.75) is 25.9 Å². The van der Waals surface area contributed by atoms with Gasteiger partial charge in [0.15, 0.2) is 11.6 Å². The predicted octanol–water partition coefficient (Wildman–Crippen LogP) is 1.84. The number of piperidine rings is 1. The number of sulfonamides is 1. The van der Waals surface area contributed by atoms with Crippen molar-refractivity contribution in [2.24, 2.45) is 5.92 Å². The average molecular weight is 374 g/mol. The third kappa shape index (κ3) is 4.19. The molecule has 2 saturated heterocycles. The Bertz CT molecular complexity index is 714. The van der Waals surface area contributed by atoms with E-state index in [9.17, 15) is 17.2 Å². The number of hydrogen-bond donors (Lipinski definition) is 0. The van der Waals surface area contributed by atoms with E-state index < -0.39 is 21.7 Å². The highest BCUT2D eigenvalue weighted by molar-refractivity contribution is 7.89. The fourth-order valence-corrected chi connectivity index (χ4v) is 5.12. The van der Waals surface area contributed by atoms with Crippen LogP contribution in [-0.4, -0.2) is 62.3 Å². The van der Waals surface area contributed by atoms with Crippen molar-refractivity contribution in [3.05, 3.63) is 35.4 Å². The van der Waals surface area contributed by atoms with Crippen LogP contribution < -0.4 is 0 Å². The Labute approximate surface area is 147 Å². The minimum atomic E-state index is -3.26. The minimum Gasteiger partial charge on any atom is -0.380 e. The maximum atomic E-state index is 13.4. The number of fused-ring (bicyclic) bond motifs is 1. The van der Waals surface area contributed by atoms with Gasteiger partial charge in [-0.1, -0.05) is 6.07 Å². The van der Waals surface area contributed by atoms with Crippen molar-refractivity contribution in [1.82, 2.24) is 9.21 Å². The first-order valence-electron chi connectivity index (χ1n) is 8.64. The van der Waals surface area contributed by atoms with Gasteiger partial charge in [0.25, 0.3) is 0 Å². The molecule has 0 saturated carbocycles. The summed E-state index contributed by atoms with van der Waals surface area (Å²) in [6.07, 6.45) is 0.719. The molecule has 8 heteroatoms. The minimum absolute atomic E-state index is 0.0475. The molecule has 25 heavy (non-hydrogen) atoms. The molecule has 0 aliphatic carbocycles. The molecule has 2 atom stereocenters. The summed E-state index contributed by atoms with van der Waals surface area (Å²) in [7, 11) is -3.26. The molecule has 2 heterocycles. The van der Waals surface area contributed by atoms with Gasteiger partial charge in [0.2, 0.25) is 10.0 Å². The summed E-state index contributed by atoms with van der Waals surface area (Å²) in [4.78, 5) is 2.15. The molecule has 0 aromatic heterocycles. The quantitative estimate of drug-likeness (QED) is 0.807. The Morgan fingerprint density at radius 3 is 2.76 bits per heavy atom. The van der Waals surface area contributed by atoms with Crippen LogP contribution in [0.2, 0.25) is 0 Å². The highest BCUT2D eigenvalue weighted by Gasteiger charge is 2.39. The van der Waals surface area contributed by atoms with Crippen LogP contribution in [-0.2, 0) is 21.3 Å². The second-order valence-electron chi connectivity index (χ2n) is 6.69. The summed E-state index contributed by atoms with van der Waals surface area (Å²) in [5.74, 6) is -1.51. The lowest BCUT2D eigenvalue weighted by molar-refractivity contribution is 0.0612. The van der Waals surface area contributed by atoms with Gasteiger partial charge in [-0.25, -0.2) is 17.2 Å². The summed E-state index contributed by atoms with van der Waals surface area (Å²) in [5, 5.41) is 0. The molecule has 0 unspecified atom stereocenters. The largest absolute Gasteiger partial charge is 0.380 e. The standard InChI is InChI=1S/C17H24F2N2O3S/c1-2-25(22,23)21-7-8-24-12-14-11-20(6-5-17(14)21)10-13-3-4-15(18)16(19)9-13/h3-4,9,14,17H,2,5-8,10-12H2,1H3/t14-,17-/m1/s1. The predicted molar refractivity (Wildman–Crippen MR) is 90.5 cm³/mol. The van der Waals surface area contributed by atoms with Crippen molar-refractivity contribution in [3.8, 4) is 0 Å². The molecule has 0 radical (unpaired) electrons. The summed E-state index contributed by atoms with van der Waals surface area (Å²) in [6, 6.07) is 3.90. The Kier molecular flexibility index (Phi) is 5.72. The fourth-order valence-electron chi connectivity index (χ4n) is 3.74. The van der Waals surface area contributed by atoms with Crippen LogP contribution >= 0.6 is 0 Å². The van der Waals surface area contributed by atoms with Gasteiger partial charge in [-0.3, -0.25) is 4.90 Å². The Morgan fingerprint density at radius 1 is 1.24 bits per heavy atom. The van der Waals surface area contributed by atoms with Crippen LogP contribution in [0.4, 0.5) is 8.78 Å². The number of ether oxygens (including phenoxy) is 1. The highest BCUT2D eigenvalue weighted by Crippen LogP contribution is 2.28. The zero-order valence-corrected chi connectivity index (χ0v) is 15.1. The van der Waals surface area contributed by atoms with E-state index in [0.29, 0.717) is 38.4 Å². The molecule has 2 fully saturated rings. The lowest BCUT2D eigenvalue weighted by atomic mass is 9.92. The average Bonchev–Trinajstić information content (AvgIpc) is 2.80. The van der Waals surface area contributed by atoms with Crippen LogP contribution in [0.5, 0.6) is 0 Å². The third-order valence-electron chi connectivity index (χ3n) is 5.05. The molecule has 1 aromatic rings. The maximum absolute atomic E-state index is 13.4. The van der Waals surface area contributed by atoms with Crippen LogP contribution in [0, 0.1) is 17.6 Å². The zero-order valence-electron chi connectivity index (χ0n) is 14.3. The second kappa shape index (κ2) is 7.65. The van der Waals surface area contributed by atoms with Gasteiger partial charge in [-0.05, 0) is 31.0 Å². The van der Waals surface area contributed by atoms with Crippen molar-refractivity contribution in [2.75, 3.05) is 38.6 Å². The fraction of sp³-hybridized carbons (Fsp3) is 0.647. The Hall–Kier alpha value is -1.09. The molecular weight excluding hydrogens is 350 g/mol. The van der Waals surface area contributed by atoms with E-state index in [1.807, 2.05) is 0 Å². The summed E-state index contributed by atoms with van der Waals surface area (Å²) in [5.41, 5.74) is 0.713. The van der Waals surface area contributed by atoms with Crippen molar-refractivity contribution >= 4 is 10.0 Å². The van der Waals surface area contributed by atoms with Gasteiger partial charge < -0.3 is 4.74 Å². The number of nitrogens with zero attached hydrogens (tertiary/aromatic N) is 2. The molecule has 140 valence electrons. The van der Waals surface area contributed by atoms with Crippen molar-refractivity contribution in [1.29, 1.82) is 0 Å². The number of hydrogen-bond acceptors (Lipinski definition) is 4. The van der Waals surface area contributed by atoms with Crippen LogP contribution in [0.25, 0.3) is 0 Å². The smallest absolute Gasteiger partial charge is 0.214 e. The number of halogens is 2. The number of benzene rings is 1. The molecule has 2 aliphatic rings. The van der Waals surface area contributed by atoms with Gasteiger partial charge in [-0.15, -0.1) is 0 Å². The zero-order chi connectivity index (χ0) is 18.0. The first kappa shape index (κ1) is 18.7. The van der Waals surface area contributed by atoms with Gasteiger partial charge in [0, 0.05) is 38.1 Å². The molecule has 0 amide bonds. The lowest BCUT2D eigenvalue weighted by Crippen LogP contribution is -2.53. The summed E-state index contributed by atoms with van der Waals surface area (Å²) < 4.78 is 58.5. The number of rotatable bonds is 4. The number of likely N-dealkylation sites (tertiary alicyclic amines) is 1. The van der Waals surface area contributed by atoms with Crippen LogP contribution in [0.15, 0.2) is 18.2 Å². The molecule has 0 N–H and O–H groups in total. The van der Waals surface area contributed by atoms with E-state index in [-0.39, 0.29) is 17.7 Å². The molecular formula is C17H24F2N2O3S. The van der Waals surface area contributed by atoms with Crippen LogP contribution in [0.3, 0.4) is 0 Å². The van der Waals surface area contributed by atoms with E-state index >= 15 is 0 Å². The van der Waals surface area contributed by atoms with Gasteiger partial charge >= 0.3 is 0 Å². The van der Waals surface area contributed by atoms with E-state index in [4.69, 9.17) is 4.74 Å². The first-order valence-corrected chi connectivity index (χ1v) is 10.2. The summed E-state index contributed by atoms with van der Waals surface area (Å²) >= 11 is 0. The summed E-state index contributed by atoms with van der Waals surface area (Å²) in [6.45, 7) is 4.91. The molecule has 5 nitrogen and oxygen atoms in total. The molecule has 0 spiro atoms. The maximum Gasteiger partial charge on any atom is 0.214 e. The first-order chi connectivity index (χ1) is 11.9. The third-order valence-corrected chi connectivity index (χ3v) is 6.95. The highest BCUT2D eigenvalue weighted by atomic mass is 32.2. The van der Waals surface area contributed by atoms with E-state index in [0.717, 1.165) is 19.0 Å². The Morgan fingerprint density at radius 2 is 2.04 bits per heavy atom. The van der Waals surface area contributed by atoms with Crippen molar-refractivity contribution < 1.29 is 21.9 Å². The SMILES string of the molecule is CCS(=O)(=O)N1CCOC[C@H]2CN(Cc3ccc(F)c(F)c3)CC[C@H]21. The molecule has 2 aliphatic heterocycles. The van der Waals surface area contributed by atoms with E-state index in [2.05, 4.69) is 4.90 Å². The van der Waals surface area contributed by atoms with Gasteiger partial charge in [-0.2, -0.15) is 4.31 Å². The van der Waals surface area contributed by atoms with Gasteiger partial charge in [0.05, 0.1) is 19.0 Å². The van der Waals surface area contributed by atoms with Crippen LogP contribution in [0.1, 0.15) is 18.9 Å². The normalized spacial score (nSPS) is 26.2. The van der Waals surface area contributed by atoms with Crippen molar-refractivity contribution in [3.63, 3.8) is 0 Å².